The Labute approximate surface area is 130 Å². The van der Waals surface area contributed by atoms with Crippen molar-refractivity contribution in [3.05, 3.63) is 45.9 Å². The monoisotopic (exact) mass is 375 g/mol. The highest BCUT2D eigenvalue weighted by atomic mass is 79.9. The van der Waals surface area contributed by atoms with Gasteiger partial charge in [0.1, 0.15) is 0 Å². The van der Waals surface area contributed by atoms with Crippen molar-refractivity contribution in [1.29, 1.82) is 0 Å². The van der Waals surface area contributed by atoms with Crippen molar-refractivity contribution in [2.75, 3.05) is 11.1 Å². The molecule has 0 spiro atoms. The predicted octanol–water partition coefficient (Wildman–Crippen LogP) is 3.08. The number of nitrogens with one attached hydrogen (secondary N) is 1. The highest BCUT2D eigenvalue weighted by molar-refractivity contribution is 9.10. The fraction of sp³-hybridized carbons (Fsp3) is 0. The van der Waals surface area contributed by atoms with Crippen LogP contribution in [0.2, 0.25) is 5.02 Å². The predicted molar refractivity (Wildman–Crippen MR) is 84.7 cm³/mol. The second-order valence-corrected chi connectivity index (χ2v) is 6.94. The average molecular weight is 377 g/mol. The summed E-state index contributed by atoms with van der Waals surface area (Å²) in [7, 11) is -3.82. The summed E-state index contributed by atoms with van der Waals surface area (Å²) in [6.45, 7) is 0. The highest BCUT2D eigenvalue weighted by Gasteiger charge is 2.11. The molecule has 0 amide bonds. The molecule has 2 rings (SSSR count). The van der Waals surface area contributed by atoms with Crippen LogP contribution in [-0.2, 0) is 10.0 Å². The first kappa shape index (κ1) is 15.1. The molecule has 0 radical (unpaired) electrons. The normalized spacial score (nSPS) is 11.3. The fourth-order valence-corrected chi connectivity index (χ4v) is 2.72. The largest absolute Gasteiger partial charge is 0.399 e. The van der Waals surface area contributed by atoms with Crippen molar-refractivity contribution in [2.24, 2.45) is 5.14 Å². The standard InChI is InChI=1S/C12H11BrClN3O2S/c13-11-2-1-7(14)3-12(11)17-9-4-8(15)5-10(6-9)20(16,18)19/h1-6,17H,15H2,(H2,16,18,19). The second kappa shape index (κ2) is 5.61. The maximum absolute atomic E-state index is 11.4. The minimum atomic E-state index is -3.82. The molecule has 0 aliphatic carbocycles. The summed E-state index contributed by atoms with van der Waals surface area (Å²) in [6, 6.07) is 9.50. The molecule has 2 aromatic carbocycles. The number of halogens is 2. The van der Waals surface area contributed by atoms with E-state index >= 15 is 0 Å². The quantitative estimate of drug-likeness (QED) is 0.717. The molecule has 0 heterocycles. The maximum Gasteiger partial charge on any atom is 0.238 e. The summed E-state index contributed by atoms with van der Waals surface area (Å²) in [5, 5.41) is 8.68. The van der Waals surface area contributed by atoms with Gasteiger partial charge in [-0.3, -0.25) is 0 Å². The third-order valence-electron chi connectivity index (χ3n) is 2.46. The van der Waals surface area contributed by atoms with Crippen molar-refractivity contribution in [3.63, 3.8) is 0 Å². The maximum atomic E-state index is 11.4. The molecule has 106 valence electrons. The molecule has 2 aromatic rings. The number of anilines is 3. The molecule has 0 fully saturated rings. The lowest BCUT2D eigenvalue weighted by molar-refractivity contribution is 0.598. The van der Waals surface area contributed by atoms with E-state index in [0.717, 1.165) is 4.47 Å². The molecule has 8 heteroatoms. The summed E-state index contributed by atoms with van der Waals surface area (Å²) in [4.78, 5) is -0.0573. The number of nitrogen functional groups attached to an aromatic ring is 1. The minimum absolute atomic E-state index is 0.0573. The van der Waals surface area contributed by atoms with E-state index in [4.69, 9.17) is 22.5 Å². The number of hydrogen-bond acceptors (Lipinski definition) is 4. The third-order valence-corrected chi connectivity index (χ3v) is 4.28. The Morgan fingerprint density at radius 2 is 1.85 bits per heavy atom. The van der Waals surface area contributed by atoms with Gasteiger partial charge in [-0.25, -0.2) is 13.6 Å². The van der Waals surface area contributed by atoms with Crippen LogP contribution in [0, 0.1) is 0 Å². The first-order valence-electron chi connectivity index (χ1n) is 5.41. The van der Waals surface area contributed by atoms with Gasteiger partial charge in [-0.2, -0.15) is 0 Å². The van der Waals surface area contributed by atoms with E-state index in [1.54, 1.807) is 24.3 Å². The Kier molecular flexibility index (Phi) is 4.24. The molecule has 0 unspecified atom stereocenters. The molecule has 0 aromatic heterocycles. The summed E-state index contributed by atoms with van der Waals surface area (Å²) >= 11 is 9.29. The van der Waals surface area contributed by atoms with Gasteiger partial charge in [-0.15, -0.1) is 0 Å². The molecule has 5 nitrogen and oxygen atoms in total. The Balaban J connectivity index is 2.44. The van der Waals surface area contributed by atoms with Crippen LogP contribution < -0.4 is 16.2 Å². The summed E-state index contributed by atoms with van der Waals surface area (Å²) in [6.07, 6.45) is 0. The zero-order valence-corrected chi connectivity index (χ0v) is 13.3. The number of primary sulfonamides is 1. The molecule has 5 N–H and O–H groups in total. The summed E-state index contributed by atoms with van der Waals surface area (Å²) in [5.41, 5.74) is 7.15. The van der Waals surface area contributed by atoms with E-state index in [9.17, 15) is 8.42 Å². The fourth-order valence-electron chi connectivity index (χ4n) is 1.61. The van der Waals surface area contributed by atoms with Gasteiger partial charge >= 0.3 is 0 Å². The van der Waals surface area contributed by atoms with Crippen molar-refractivity contribution in [3.8, 4) is 0 Å². The Hall–Kier alpha value is -1.28. The van der Waals surface area contributed by atoms with Crippen molar-refractivity contribution < 1.29 is 8.42 Å². The molecule has 0 aliphatic heterocycles. The molecule has 0 bridgehead atoms. The molecule has 0 aliphatic rings. The number of rotatable bonds is 3. The van der Waals surface area contributed by atoms with Gasteiger partial charge in [0.15, 0.2) is 0 Å². The number of benzene rings is 2. The topological polar surface area (TPSA) is 98.2 Å². The van der Waals surface area contributed by atoms with Crippen LogP contribution in [0.3, 0.4) is 0 Å². The Morgan fingerprint density at radius 3 is 2.50 bits per heavy atom. The smallest absolute Gasteiger partial charge is 0.238 e. The van der Waals surface area contributed by atoms with E-state index in [1.807, 2.05) is 0 Å². The van der Waals surface area contributed by atoms with Gasteiger partial charge in [0.05, 0.1) is 10.6 Å². The lowest BCUT2D eigenvalue weighted by atomic mass is 10.2. The second-order valence-electron chi connectivity index (χ2n) is 4.08. The van der Waals surface area contributed by atoms with Crippen LogP contribution in [0.15, 0.2) is 45.8 Å². The van der Waals surface area contributed by atoms with Gasteiger partial charge in [0, 0.05) is 20.9 Å². The van der Waals surface area contributed by atoms with E-state index in [1.165, 1.54) is 12.1 Å². The molecular weight excluding hydrogens is 366 g/mol. The van der Waals surface area contributed by atoms with Gasteiger partial charge in [-0.1, -0.05) is 11.6 Å². The van der Waals surface area contributed by atoms with Crippen molar-refractivity contribution >= 4 is 54.6 Å². The van der Waals surface area contributed by atoms with Crippen molar-refractivity contribution in [2.45, 2.75) is 4.90 Å². The minimum Gasteiger partial charge on any atom is -0.399 e. The third kappa shape index (κ3) is 3.63. The first-order chi connectivity index (χ1) is 9.25. The zero-order valence-electron chi connectivity index (χ0n) is 10.1. The van der Waals surface area contributed by atoms with E-state index < -0.39 is 10.0 Å². The zero-order chi connectivity index (χ0) is 14.9. The Bertz CT molecular complexity index is 765. The highest BCUT2D eigenvalue weighted by Crippen LogP contribution is 2.30. The number of nitrogens with two attached hydrogens (primary N) is 2. The molecule has 0 atom stereocenters. The van der Waals surface area contributed by atoms with Gasteiger partial charge in [-0.05, 0) is 52.3 Å². The summed E-state index contributed by atoms with van der Waals surface area (Å²) in [5.74, 6) is 0. The van der Waals surface area contributed by atoms with Gasteiger partial charge in [0.2, 0.25) is 10.0 Å². The number of sulfonamides is 1. The first-order valence-corrected chi connectivity index (χ1v) is 8.13. The van der Waals surface area contributed by atoms with Crippen LogP contribution in [0.4, 0.5) is 17.1 Å². The molecule has 0 saturated carbocycles. The Morgan fingerprint density at radius 1 is 1.15 bits per heavy atom. The average Bonchev–Trinajstić information content (AvgIpc) is 2.32. The van der Waals surface area contributed by atoms with E-state index in [2.05, 4.69) is 21.2 Å². The van der Waals surface area contributed by atoms with Crippen LogP contribution in [0.25, 0.3) is 0 Å². The van der Waals surface area contributed by atoms with Crippen LogP contribution in [-0.4, -0.2) is 8.42 Å². The lowest BCUT2D eigenvalue weighted by Gasteiger charge is -2.11. The van der Waals surface area contributed by atoms with Crippen LogP contribution >= 0.6 is 27.5 Å². The molecular formula is C12H11BrClN3O2S. The van der Waals surface area contributed by atoms with E-state index in [0.29, 0.717) is 16.4 Å². The summed E-state index contributed by atoms with van der Waals surface area (Å²) < 4.78 is 23.5. The van der Waals surface area contributed by atoms with Crippen LogP contribution in [0.1, 0.15) is 0 Å². The van der Waals surface area contributed by atoms with Crippen molar-refractivity contribution in [1.82, 2.24) is 0 Å². The number of hydrogen-bond donors (Lipinski definition) is 3. The lowest BCUT2D eigenvalue weighted by Crippen LogP contribution is -2.12. The van der Waals surface area contributed by atoms with Gasteiger partial charge in [0.25, 0.3) is 0 Å². The van der Waals surface area contributed by atoms with E-state index in [-0.39, 0.29) is 10.6 Å². The van der Waals surface area contributed by atoms with Gasteiger partial charge < -0.3 is 11.1 Å². The van der Waals surface area contributed by atoms with Crippen LogP contribution in [0.5, 0.6) is 0 Å². The molecule has 0 saturated heterocycles. The molecule has 20 heavy (non-hydrogen) atoms. The SMILES string of the molecule is Nc1cc(Nc2cc(Cl)ccc2Br)cc(S(N)(=O)=O)c1.